The van der Waals surface area contributed by atoms with E-state index in [1.807, 2.05) is 6.07 Å². The number of pyridine rings is 1. The van der Waals surface area contributed by atoms with Gasteiger partial charge >= 0.3 is 5.97 Å². The highest BCUT2D eigenvalue weighted by molar-refractivity contribution is 6.30. The first-order valence-electron chi connectivity index (χ1n) is 4.14. The van der Waals surface area contributed by atoms with Gasteiger partial charge < -0.3 is 4.74 Å². The molecule has 0 saturated carbocycles. The summed E-state index contributed by atoms with van der Waals surface area (Å²) < 4.78 is 4.63. The fourth-order valence-electron chi connectivity index (χ4n) is 1.45. The standard InChI is InChI=1S/C10H8ClNO2/c1-14-10(13)7-2-6-3-8(11)5-12-9(6)4-7/h3-5H,2H2,1H3. The van der Waals surface area contributed by atoms with Gasteiger partial charge in [-0.25, -0.2) is 4.79 Å². The molecule has 0 amide bonds. The predicted octanol–water partition coefficient (Wildman–Crippen LogP) is 1.85. The van der Waals surface area contributed by atoms with Crippen LogP contribution in [0.3, 0.4) is 0 Å². The molecule has 0 fully saturated rings. The molecule has 0 bridgehead atoms. The number of esters is 1. The summed E-state index contributed by atoms with van der Waals surface area (Å²) in [6.45, 7) is 0. The quantitative estimate of drug-likeness (QED) is 0.663. The van der Waals surface area contributed by atoms with Crippen molar-refractivity contribution in [3.05, 3.63) is 34.1 Å². The van der Waals surface area contributed by atoms with Crippen molar-refractivity contribution < 1.29 is 9.53 Å². The normalized spacial score (nSPS) is 13.4. The molecule has 72 valence electrons. The largest absolute Gasteiger partial charge is 0.466 e. The second-order valence-corrected chi connectivity index (χ2v) is 3.47. The monoisotopic (exact) mass is 209 g/mol. The average Bonchev–Trinajstić information content (AvgIpc) is 2.59. The van der Waals surface area contributed by atoms with Crippen molar-refractivity contribution in [2.45, 2.75) is 6.42 Å². The molecule has 1 heterocycles. The maximum absolute atomic E-state index is 11.2. The molecule has 3 nitrogen and oxygen atoms in total. The average molecular weight is 210 g/mol. The van der Waals surface area contributed by atoms with Crippen LogP contribution in [0.15, 0.2) is 17.8 Å². The Morgan fingerprint density at radius 1 is 1.64 bits per heavy atom. The molecule has 0 spiro atoms. The van der Waals surface area contributed by atoms with Crippen LogP contribution in [0.4, 0.5) is 0 Å². The smallest absolute Gasteiger partial charge is 0.334 e. The Hall–Kier alpha value is -1.35. The van der Waals surface area contributed by atoms with E-state index < -0.39 is 0 Å². The number of halogens is 1. The van der Waals surface area contributed by atoms with Gasteiger partial charge in [-0.05, 0) is 17.7 Å². The highest BCUT2D eigenvalue weighted by Gasteiger charge is 2.19. The number of hydrogen-bond donors (Lipinski definition) is 0. The summed E-state index contributed by atoms with van der Waals surface area (Å²) in [5.74, 6) is -0.306. The second-order valence-electron chi connectivity index (χ2n) is 3.04. The minimum atomic E-state index is -0.306. The van der Waals surface area contributed by atoms with Crippen LogP contribution in [-0.2, 0) is 16.0 Å². The number of carbonyl (C=O) groups excluding carboxylic acids is 1. The van der Waals surface area contributed by atoms with Gasteiger partial charge in [-0.2, -0.15) is 0 Å². The SMILES string of the molecule is COC(=O)C1=Cc2ncc(Cl)cc2C1. The summed E-state index contributed by atoms with van der Waals surface area (Å²) in [6.07, 6.45) is 3.85. The number of ether oxygens (including phenoxy) is 1. The van der Waals surface area contributed by atoms with Crippen LogP contribution < -0.4 is 0 Å². The molecule has 0 N–H and O–H groups in total. The summed E-state index contributed by atoms with van der Waals surface area (Å²) in [5.41, 5.74) is 2.39. The van der Waals surface area contributed by atoms with Crippen molar-refractivity contribution in [3.63, 3.8) is 0 Å². The van der Waals surface area contributed by atoms with Crippen molar-refractivity contribution in [2.75, 3.05) is 7.11 Å². The third kappa shape index (κ3) is 1.51. The van der Waals surface area contributed by atoms with Gasteiger partial charge in [0.05, 0.1) is 17.8 Å². The van der Waals surface area contributed by atoms with E-state index in [1.54, 1.807) is 12.3 Å². The highest BCUT2D eigenvalue weighted by atomic mass is 35.5. The lowest BCUT2D eigenvalue weighted by atomic mass is 10.2. The maximum Gasteiger partial charge on any atom is 0.334 e. The van der Waals surface area contributed by atoms with E-state index in [1.165, 1.54) is 7.11 Å². The Morgan fingerprint density at radius 2 is 2.43 bits per heavy atom. The predicted molar refractivity (Wildman–Crippen MR) is 52.9 cm³/mol. The lowest BCUT2D eigenvalue weighted by Crippen LogP contribution is -2.03. The highest BCUT2D eigenvalue weighted by Crippen LogP contribution is 2.25. The first kappa shape index (κ1) is 9.21. The van der Waals surface area contributed by atoms with Crippen LogP contribution in [0.1, 0.15) is 11.3 Å². The molecule has 1 aliphatic carbocycles. The molecular formula is C10H8ClNO2. The van der Waals surface area contributed by atoms with Gasteiger partial charge in [0.2, 0.25) is 0 Å². The lowest BCUT2D eigenvalue weighted by molar-refractivity contribution is -0.136. The van der Waals surface area contributed by atoms with E-state index in [9.17, 15) is 4.79 Å². The number of methoxy groups -OCH3 is 1. The number of aromatic nitrogens is 1. The van der Waals surface area contributed by atoms with E-state index in [-0.39, 0.29) is 5.97 Å². The van der Waals surface area contributed by atoms with Crippen LogP contribution in [0.25, 0.3) is 6.08 Å². The topological polar surface area (TPSA) is 39.2 Å². The number of hydrogen-bond acceptors (Lipinski definition) is 3. The van der Waals surface area contributed by atoms with E-state index >= 15 is 0 Å². The molecule has 2 rings (SSSR count). The summed E-state index contributed by atoms with van der Waals surface area (Å²) in [5, 5.41) is 0.586. The van der Waals surface area contributed by atoms with Gasteiger partial charge in [0, 0.05) is 18.2 Å². The molecule has 0 unspecified atom stereocenters. The molecule has 0 aromatic carbocycles. The molecule has 1 aliphatic rings. The van der Waals surface area contributed by atoms with Crippen molar-refractivity contribution >= 4 is 23.6 Å². The molecule has 0 saturated heterocycles. The molecule has 1 aromatic heterocycles. The molecule has 1 aromatic rings. The summed E-state index contributed by atoms with van der Waals surface area (Å²) in [7, 11) is 1.37. The Balaban J connectivity index is 2.32. The minimum absolute atomic E-state index is 0.306. The Kier molecular flexibility index (Phi) is 2.25. The lowest BCUT2D eigenvalue weighted by Gasteiger charge is -1.98. The molecule has 4 heteroatoms. The molecule has 0 atom stereocenters. The van der Waals surface area contributed by atoms with Crippen molar-refractivity contribution in [3.8, 4) is 0 Å². The summed E-state index contributed by atoms with van der Waals surface area (Å²) >= 11 is 5.78. The summed E-state index contributed by atoms with van der Waals surface area (Å²) in [6, 6.07) is 1.82. The fraction of sp³-hybridized carbons (Fsp3) is 0.200. The molecule has 14 heavy (non-hydrogen) atoms. The van der Waals surface area contributed by atoms with E-state index in [0.717, 1.165) is 11.3 Å². The third-order valence-corrected chi connectivity index (χ3v) is 2.31. The molecule has 0 radical (unpaired) electrons. The number of carbonyl (C=O) groups is 1. The third-order valence-electron chi connectivity index (χ3n) is 2.11. The summed E-state index contributed by atoms with van der Waals surface area (Å²) in [4.78, 5) is 15.3. The zero-order chi connectivity index (χ0) is 10.1. The maximum atomic E-state index is 11.2. The Bertz CT molecular complexity index is 426. The first-order chi connectivity index (χ1) is 6.70. The number of nitrogens with zero attached hydrogens (tertiary/aromatic N) is 1. The molecular weight excluding hydrogens is 202 g/mol. The van der Waals surface area contributed by atoms with Gasteiger partial charge in [-0.3, -0.25) is 4.98 Å². The van der Waals surface area contributed by atoms with Crippen molar-refractivity contribution in [2.24, 2.45) is 0 Å². The van der Waals surface area contributed by atoms with Gasteiger partial charge in [0.25, 0.3) is 0 Å². The van der Waals surface area contributed by atoms with Gasteiger partial charge in [0.15, 0.2) is 0 Å². The Labute approximate surface area is 86.4 Å². The first-order valence-corrected chi connectivity index (χ1v) is 4.52. The van der Waals surface area contributed by atoms with E-state index in [2.05, 4.69) is 9.72 Å². The molecule has 0 aliphatic heterocycles. The Morgan fingerprint density at radius 3 is 3.14 bits per heavy atom. The van der Waals surface area contributed by atoms with Crippen molar-refractivity contribution in [1.82, 2.24) is 4.98 Å². The van der Waals surface area contributed by atoms with Crippen molar-refractivity contribution in [1.29, 1.82) is 0 Å². The van der Waals surface area contributed by atoms with Gasteiger partial charge in [-0.1, -0.05) is 11.6 Å². The van der Waals surface area contributed by atoms with E-state index in [0.29, 0.717) is 17.0 Å². The van der Waals surface area contributed by atoms with Crippen LogP contribution in [0, 0.1) is 0 Å². The van der Waals surface area contributed by atoms with Crippen LogP contribution in [-0.4, -0.2) is 18.1 Å². The van der Waals surface area contributed by atoms with Gasteiger partial charge in [-0.15, -0.1) is 0 Å². The fourth-order valence-corrected chi connectivity index (χ4v) is 1.63. The van der Waals surface area contributed by atoms with Crippen LogP contribution >= 0.6 is 11.6 Å². The zero-order valence-electron chi connectivity index (χ0n) is 7.58. The number of rotatable bonds is 1. The number of fused-ring (bicyclic) bond motifs is 1. The van der Waals surface area contributed by atoms with Crippen LogP contribution in [0.2, 0.25) is 5.02 Å². The van der Waals surface area contributed by atoms with Gasteiger partial charge in [0.1, 0.15) is 0 Å². The van der Waals surface area contributed by atoms with E-state index in [4.69, 9.17) is 11.6 Å². The van der Waals surface area contributed by atoms with Crippen LogP contribution in [0.5, 0.6) is 0 Å². The second kappa shape index (κ2) is 3.42. The zero-order valence-corrected chi connectivity index (χ0v) is 8.34. The minimum Gasteiger partial charge on any atom is -0.466 e.